The molecule has 0 amide bonds. The highest BCUT2D eigenvalue weighted by Crippen LogP contribution is 2.44. The van der Waals surface area contributed by atoms with Gasteiger partial charge in [0.15, 0.2) is 11.5 Å². The predicted octanol–water partition coefficient (Wildman–Crippen LogP) is 2.16. The van der Waals surface area contributed by atoms with Crippen molar-refractivity contribution < 1.29 is 9.90 Å². The number of aliphatic hydroxyl groups excluding tert-OH is 1. The summed E-state index contributed by atoms with van der Waals surface area (Å²) in [5.41, 5.74) is -0.228. The Balaban J connectivity index is 2.31. The predicted molar refractivity (Wildman–Crippen MR) is 50.5 cm³/mol. The average Bonchev–Trinajstić information content (AvgIpc) is 2.39. The molecule has 0 aromatic carbocycles. The summed E-state index contributed by atoms with van der Waals surface area (Å²) < 4.78 is 0. The Bertz CT molecular complexity index is 321. The van der Waals surface area contributed by atoms with Crippen LogP contribution in [0.2, 0.25) is 0 Å². The van der Waals surface area contributed by atoms with Gasteiger partial charge in [0.05, 0.1) is 0 Å². The van der Waals surface area contributed by atoms with Gasteiger partial charge in [-0.15, -0.1) is 4.91 Å². The number of allylic oxidation sites excluding steroid dienone is 2. The lowest BCUT2D eigenvalue weighted by Gasteiger charge is -2.28. The Morgan fingerprint density at radius 3 is 2.71 bits per heavy atom. The molecule has 1 N–H and O–H groups in total. The van der Waals surface area contributed by atoms with Gasteiger partial charge >= 0.3 is 0 Å². The van der Waals surface area contributed by atoms with Gasteiger partial charge in [0.25, 0.3) is 0 Å². The maximum Gasteiger partial charge on any atom is 0.192 e. The third-order valence-corrected chi connectivity index (χ3v) is 3.37. The van der Waals surface area contributed by atoms with Crippen molar-refractivity contribution >= 4 is 5.78 Å². The molecular weight excluding hydrogens is 182 g/mol. The molecule has 0 saturated heterocycles. The summed E-state index contributed by atoms with van der Waals surface area (Å²) in [4.78, 5) is 21.9. The van der Waals surface area contributed by atoms with Gasteiger partial charge in [-0.2, -0.15) is 0 Å². The van der Waals surface area contributed by atoms with Crippen LogP contribution in [0.4, 0.5) is 0 Å². The zero-order chi connectivity index (χ0) is 10.3. The molecule has 14 heavy (non-hydrogen) atoms. The minimum atomic E-state index is -0.255. The Labute approximate surface area is 82.0 Å². The molecule has 3 atom stereocenters. The second kappa shape index (κ2) is 3.19. The molecule has 0 aliphatic heterocycles. The lowest BCUT2D eigenvalue weighted by molar-refractivity contribution is -0.120. The Kier molecular flexibility index (Phi) is 2.13. The molecule has 0 aromatic rings. The van der Waals surface area contributed by atoms with Gasteiger partial charge < -0.3 is 5.11 Å². The number of carbonyl (C=O) groups excluding carboxylic acids is 1. The molecule has 2 aliphatic rings. The topological polar surface area (TPSA) is 66.7 Å². The van der Waals surface area contributed by atoms with E-state index in [9.17, 15) is 14.8 Å². The quantitative estimate of drug-likeness (QED) is 0.652. The van der Waals surface area contributed by atoms with Gasteiger partial charge in [0, 0.05) is 11.8 Å². The van der Waals surface area contributed by atoms with E-state index in [2.05, 4.69) is 12.1 Å². The smallest absolute Gasteiger partial charge is 0.192 e. The second-order valence-electron chi connectivity index (χ2n) is 4.32. The van der Waals surface area contributed by atoms with E-state index in [1.165, 1.54) is 0 Å². The highest BCUT2D eigenvalue weighted by atomic mass is 16.3. The second-order valence-corrected chi connectivity index (χ2v) is 4.32. The lowest BCUT2D eigenvalue weighted by atomic mass is 9.75. The van der Waals surface area contributed by atoms with Crippen molar-refractivity contribution in [3.63, 3.8) is 0 Å². The molecule has 4 heteroatoms. The van der Waals surface area contributed by atoms with Crippen molar-refractivity contribution in [2.75, 3.05) is 0 Å². The van der Waals surface area contributed by atoms with E-state index in [0.29, 0.717) is 5.92 Å². The van der Waals surface area contributed by atoms with Gasteiger partial charge in [-0.3, -0.25) is 4.79 Å². The van der Waals surface area contributed by atoms with Gasteiger partial charge in [-0.25, -0.2) is 0 Å². The molecule has 1 saturated carbocycles. The first kappa shape index (κ1) is 9.37. The van der Waals surface area contributed by atoms with E-state index in [1.807, 2.05) is 0 Å². The number of Topliss-reactive ketones (excluding diaryl/α,β-unsaturated/α-hetero) is 1. The lowest BCUT2D eigenvalue weighted by Crippen LogP contribution is -2.25. The van der Waals surface area contributed by atoms with Crippen LogP contribution in [0, 0.1) is 22.7 Å². The van der Waals surface area contributed by atoms with Gasteiger partial charge in [0.2, 0.25) is 0 Å². The third kappa shape index (κ3) is 1.17. The highest BCUT2D eigenvalue weighted by molar-refractivity contribution is 6.00. The molecule has 4 nitrogen and oxygen atoms in total. The largest absolute Gasteiger partial charge is 0.509 e. The van der Waals surface area contributed by atoms with Crippen molar-refractivity contribution in [3.05, 3.63) is 16.4 Å². The molecule has 0 bridgehead atoms. The van der Waals surface area contributed by atoms with E-state index < -0.39 is 0 Å². The summed E-state index contributed by atoms with van der Waals surface area (Å²) in [6.45, 7) is 2.10. The van der Waals surface area contributed by atoms with E-state index in [0.717, 1.165) is 19.3 Å². The van der Waals surface area contributed by atoms with Crippen molar-refractivity contribution in [1.82, 2.24) is 0 Å². The van der Waals surface area contributed by atoms with Gasteiger partial charge in [-0.1, -0.05) is 6.92 Å². The summed E-state index contributed by atoms with van der Waals surface area (Å²) in [5.74, 6) is -0.133. The zero-order valence-corrected chi connectivity index (χ0v) is 8.06. The van der Waals surface area contributed by atoms with Crippen LogP contribution in [-0.4, -0.2) is 10.9 Å². The SMILES string of the molecule is CC1CCC2C(=O)C(N=O)=C(O)C2C1. The summed E-state index contributed by atoms with van der Waals surface area (Å²) in [6, 6.07) is 0. The highest BCUT2D eigenvalue weighted by Gasteiger charge is 2.45. The van der Waals surface area contributed by atoms with E-state index >= 15 is 0 Å². The number of carbonyl (C=O) groups is 1. The number of ketones is 1. The number of rotatable bonds is 1. The first-order valence-electron chi connectivity index (χ1n) is 4.95. The van der Waals surface area contributed by atoms with Crippen molar-refractivity contribution in [2.45, 2.75) is 26.2 Å². The van der Waals surface area contributed by atoms with E-state index in [-0.39, 0.29) is 29.1 Å². The summed E-state index contributed by atoms with van der Waals surface area (Å²) >= 11 is 0. The molecule has 0 heterocycles. The number of nitrogens with zero attached hydrogens (tertiary/aromatic N) is 1. The van der Waals surface area contributed by atoms with Crippen LogP contribution in [0.3, 0.4) is 0 Å². The number of aliphatic hydroxyl groups is 1. The fourth-order valence-corrected chi connectivity index (χ4v) is 2.57. The standard InChI is InChI=1S/C10H13NO3/c1-5-2-3-6-7(4-5)10(13)8(11-14)9(6)12/h5-7,13H,2-4H2,1H3. The molecule has 0 aromatic heterocycles. The van der Waals surface area contributed by atoms with E-state index in [4.69, 9.17) is 0 Å². The summed E-state index contributed by atoms with van der Waals surface area (Å²) in [5, 5.41) is 12.3. The minimum absolute atomic E-state index is 0.0680. The van der Waals surface area contributed by atoms with Gasteiger partial charge in [0.1, 0.15) is 5.76 Å². The first-order chi connectivity index (χ1) is 6.65. The van der Waals surface area contributed by atoms with Crippen LogP contribution in [0.15, 0.2) is 16.6 Å². The van der Waals surface area contributed by atoms with Crippen LogP contribution in [0.1, 0.15) is 26.2 Å². The molecule has 3 unspecified atom stereocenters. The van der Waals surface area contributed by atoms with Crippen molar-refractivity contribution in [2.24, 2.45) is 22.9 Å². The molecule has 0 spiro atoms. The Morgan fingerprint density at radius 2 is 2.07 bits per heavy atom. The monoisotopic (exact) mass is 195 g/mol. The maximum absolute atomic E-state index is 11.6. The molecule has 2 aliphatic carbocycles. The molecule has 76 valence electrons. The fraction of sp³-hybridized carbons (Fsp3) is 0.700. The number of fused-ring (bicyclic) bond motifs is 1. The number of hydrogen-bond donors (Lipinski definition) is 1. The van der Waals surface area contributed by atoms with Crippen LogP contribution < -0.4 is 0 Å². The zero-order valence-electron chi connectivity index (χ0n) is 8.06. The van der Waals surface area contributed by atoms with Crippen LogP contribution >= 0.6 is 0 Å². The number of hydrogen-bond acceptors (Lipinski definition) is 4. The van der Waals surface area contributed by atoms with Crippen LogP contribution in [-0.2, 0) is 4.79 Å². The van der Waals surface area contributed by atoms with Crippen LogP contribution in [0.25, 0.3) is 0 Å². The molecule has 2 rings (SSSR count). The summed E-state index contributed by atoms with van der Waals surface area (Å²) in [6.07, 6.45) is 2.56. The third-order valence-electron chi connectivity index (χ3n) is 3.37. The molecule has 1 fully saturated rings. The molecule has 0 radical (unpaired) electrons. The Morgan fingerprint density at radius 1 is 1.36 bits per heavy atom. The molecular formula is C10H13NO3. The van der Waals surface area contributed by atoms with Crippen molar-refractivity contribution in [3.8, 4) is 0 Å². The van der Waals surface area contributed by atoms with E-state index in [1.54, 1.807) is 0 Å². The summed E-state index contributed by atoms with van der Waals surface area (Å²) in [7, 11) is 0. The van der Waals surface area contributed by atoms with Crippen molar-refractivity contribution in [1.29, 1.82) is 0 Å². The maximum atomic E-state index is 11.6. The number of nitroso groups, excluding NO2 is 1. The van der Waals surface area contributed by atoms with Gasteiger partial charge in [-0.05, 0) is 30.4 Å². The fourth-order valence-electron chi connectivity index (χ4n) is 2.57. The first-order valence-corrected chi connectivity index (χ1v) is 4.95. The Hall–Kier alpha value is -1.19. The van der Waals surface area contributed by atoms with Crippen LogP contribution in [0.5, 0.6) is 0 Å². The minimum Gasteiger partial charge on any atom is -0.509 e. The normalized spacial score (nSPS) is 37.2. The average molecular weight is 195 g/mol.